The SMILES string of the molecule is CN(C1CCN(CC2CCNCC2)CC1)S(C)(=O)=O.Cl. The number of hydrogen-bond acceptors (Lipinski definition) is 4. The summed E-state index contributed by atoms with van der Waals surface area (Å²) in [4.78, 5) is 2.52. The summed E-state index contributed by atoms with van der Waals surface area (Å²) in [6, 6.07) is 0.194. The van der Waals surface area contributed by atoms with Crippen molar-refractivity contribution in [1.29, 1.82) is 0 Å². The number of nitrogens with one attached hydrogen (secondary N) is 1. The molecule has 2 fully saturated rings. The van der Waals surface area contributed by atoms with Crippen LogP contribution in [-0.4, -0.2) is 69.7 Å². The maximum atomic E-state index is 11.5. The summed E-state index contributed by atoms with van der Waals surface area (Å²) in [6.45, 7) is 5.57. The molecule has 0 aromatic heterocycles. The third kappa shape index (κ3) is 5.15. The van der Waals surface area contributed by atoms with E-state index in [0.717, 1.165) is 44.9 Å². The monoisotopic (exact) mass is 325 g/mol. The van der Waals surface area contributed by atoms with E-state index >= 15 is 0 Å². The first-order chi connectivity index (χ1) is 8.97. The van der Waals surface area contributed by atoms with Gasteiger partial charge in [0.05, 0.1) is 6.26 Å². The van der Waals surface area contributed by atoms with Crippen molar-refractivity contribution in [3.63, 3.8) is 0 Å². The zero-order valence-corrected chi connectivity index (χ0v) is 14.2. The Bertz CT molecular complexity index is 377. The summed E-state index contributed by atoms with van der Waals surface area (Å²) in [7, 11) is -1.33. The maximum Gasteiger partial charge on any atom is 0.211 e. The van der Waals surface area contributed by atoms with Crippen molar-refractivity contribution in [2.75, 3.05) is 46.0 Å². The van der Waals surface area contributed by atoms with E-state index in [2.05, 4.69) is 10.2 Å². The number of halogens is 1. The van der Waals surface area contributed by atoms with E-state index in [4.69, 9.17) is 0 Å². The van der Waals surface area contributed by atoms with E-state index in [1.54, 1.807) is 11.4 Å². The summed E-state index contributed by atoms with van der Waals surface area (Å²) in [5.41, 5.74) is 0. The largest absolute Gasteiger partial charge is 0.317 e. The quantitative estimate of drug-likeness (QED) is 0.829. The summed E-state index contributed by atoms with van der Waals surface area (Å²) < 4.78 is 24.6. The second kappa shape index (κ2) is 7.94. The van der Waals surface area contributed by atoms with Gasteiger partial charge in [0, 0.05) is 19.6 Å². The van der Waals surface area contributed by atoms with Gasteiger partial charge in [0.1, 0.15) is 0 Å². The molecule has 20 heavy (non-hydrogen) atoms. The molecule has 0 amide bonds. The third-order valence-electron chi connectivity index (χ3n) is 4.57. The van der Waals surface area contributed by atoms with E-state index in [-0.39, 0.29) is 18.4 Å². The minimum atomic E-state index is -3.04. The van der Waals surface area contributed by atoms with Crippen molar-refractivity contribution in [3.05, 3.63) is 0 Å². The molecule has 0 aliphatic carbocycles. The summed E-state index contributed by atoms with van der Waals surface area (Å²) >= 11 is 0. The lowest BCUT2D eigenvalue weighted by Crippen LogP contribution is -2.47. The molecule has 0 bridgehead atoms. The van der Waals surface area contributed by atoms with Crippen LogP contribution in [0.5, 0.6) is 0 Å². The van der Waals surface area contributed by atoms with Crippen molar-refractivity contribution in [1.82, 2.24) is 14.5 Å². The van der Waals surface area contributed by atoms with E-state index in [0.29, 0.717) is 0 Å². The molecular weight excluding hydrogens is 298 g/mol. The minimum Gasteiger partial charge on any atom is -0.317 e. The van der Waals surface area contributed by atoms with Gasteiger partial charge in [-0.3, -0.25) is 0 Å². The molecule has 5 nitrogen and oxygen atoms in total. The highest BCUT2D eigenvalue weighted by Crippen LogP contribution is 2.20. The van der Waals surface area contributed by atoms with E-state index in [1.807, 2.05) is 0 Å². The molecule has 0 radical (unpaired) electrons. The zero-order valence-electron chi connectivity index (χ0n) is 12.5. The Morgan fingerprint density at radius 3 is 2.20 bits per heavy atom. The Balaban J connectivity index is 0.00000200. The van der Waals surface area contributed by atoms with E-state index in [1.165, 1.54) is 25.6 Å². The zero-order chi connectivity index (χ0) is 13.9. The predicted molar refractivity (Wildman–Crippen MR) is 84.9 cm³/mol. The Hall–Kier alpha value is 0.120. The van der Waals surface area contributed by atoms with Crippen molar-refractivity contribution < 1.29 is 8.42 Å². The molecule has 0 saturated carbocycles. The van der Waals surface area contributed by atoms with Crippen molar-refractivity contribution in [2.24, 2.45) is 5.92 Å². The van der Waals surface area contributed by atoms with Crippen molar-refractivity contribution in [2.45, 2.75) is 31.7 Å². The van der Waals surface area contributed by atoms with Gasteiger partial charge in [0.2, 0.25) is 10.0 Å². The average molecular weight is 326 g/mol. The van der Waals surface area contributed by atoms with Crippen LogP contribution in [0.15, 0.2) is 0 Å². The fraction of sp³-hybridized carbons (Fsp3) is 1.00. The molecule has 0 atom stereocenters. The van der Waals surface area contributed by atoms with Crippen LogP contribution in [0.3, 0.4) is 0 Å². The number of piperidine rings is 2. The number of sulfonamides is 1. The van der Waals surface area contributed by atoms with E-state index in [9.17, 15) is 8.42 Å². The normalized spacial score (nSPS) is 23.8. The molecule has 1 N–H and O–H groups in total. The highest BCUT2D eigenvalue weighted by Gasteiger charge is 2.28. The lowest BCUT2D eigenvalue weighted by molar-refractivity contribution is 0.140. The number of rotatable bonds is 4. The van der Waals surface area contributed by atoms with Crippen LogP contribution >= 0.6 is 12.4 Å². The van der Waals surface area contributed by atoms with Gasteiger partial charge in [-0.15, -0.1) is 12.4 Å². The Morgan fingerprint density at radius 2 is 1.70 bits per heavy atom. The summed E-state index contributed by atoms with van der Waals surface area (Å²) in [5, 5.41) is 3.40. The number of nitrogens with zero attached hydrogens (tertiary/aromatic N) is 2. The first-order valence-electron chi connectivity index (χ1n) is 7.33. The van der Waals surface area contributed by atoms with Gasteiger partial charge in [0.15, 0.2) is 0 Å². The topological polar surface area (TPSA) is 52.6 Å². The minimum absolute atomic E-state index is 0. The second-order valence-corrected chi connectivity index (χ2v) is 8.05. The van der Waals surface area contributed by atoms with Gasteiger partial charge >= 0.3 is 0 Å². The molecule has 2 rings (SSSR count). The van der Waals surface area contributed by atoms with Crippen LogP contribution in [-0.2, 0) is 10.0 Å². The first kappa shape index (κ1) is 18.2. The first-order valence-corrected chi connectivity index (χ1v) is 9.17. The van der Waals surface area contributed by atoms with Gasteiger partial charge in [-0.1, -0.05) is 0 Å². The standard InChI is InChI=1S/C13H27N3O2S.ClH/c1-15(19(2,17)18)13-5-9-16(10-6-13)11-12-3-7-14-8-4-12;/h12-14H,3-11H2,1-2H3;1H. The fourth-order valence-electron chi connectivity index (χ4n) is 3.17. The predicted octanol–water partition coefficient (Wildman–Crippen LogP) is 0.764. The van der Waals surface area contributed by atoms with Crippen molar-refractivity contribution in [3.8, 4) is 0 Å². The molecule has 120 valence electrons. The van der Waals surface area contributed by atoms with Crippen LogP contribution < -0.4 is 5.32 Å². The average Bonchev–Trinajstić information content (AvgIpc) is 2.39. The third-order valence-corrected chi connectivity index (χ3v) is 5.91. The Morgan fingerprint density at radius 1 is 1.15 bits per heavy atom. The molecule has 0 aromatic carbocycles. The van der Waals surface area contributed by atoms with Crippen LogP contribution in [0.25, 0.3) is 0 Å². The Kier molecular flexibility index (Phi) is 7.21. The second-order valence-electron chi connectivity index (χ2n) is 6.00. The van der Waals surface area contributed by atoms with Gasteiger partial charge < -0.3 is 10.2 Å². The maximum absolute atomic E-state index is 11.5. The van der Waals surface area contributed by atoms with Crippen molar-refractivity contribution >= 4 is 22.4 Å². The number of likely N-dealkylation sites (tertiary alicyclic amines) is 1. The van der Waals surface area contributed by atoms with Gasteiger partial charge in [-0.2, -0.15) is 0 Å². The molecule has 2 heterocycles. The molecule has 2 saturated heterocycles. The smallest absolute Gasteiger partial charge is 0.211 e. The van der Waals surface area contributed by atoms with E-state index < -0.39 is 10.0 Å². The molecule has 0 aromatic rings. The van der Waals surface area contributed by atoms with Crippen LogP contribution in [0.2, 0.25) is 0 Å². The van der Waals surface area contributed by atoms with Crippen LogP contribution in [0.1, 0.15) is 25.7 Å². The lowest BCUT2D eigenvalue weighted by Gasteiger charge is -2.37. The molecule has 2 aliphatic rings. The van der Waals surface area contributed by atoms with Gasteiger partial charge in [-0.25, -0.2) is 12.7 Å². The van der Waals surface area contributed by atoms with Gasteiger partial charge in [0.25, 0.3) is 0 Å². The summed E-state index contributed by atoms with van der Waals surface area (Å²) in [5.74, 6) is 0.824. The van der Waals surface area contributed by atoms with Crippen LogP contribution in [0.4, 0.5) is 0 Å². The highest BCUT2D eigenvalue weighted by atomic mass is 35.5. The lowest BCUT2D eigenvalue weighted by atomic mass is 9.96. The highest BCUT2D eigenvalue weighted by molar-refractivity contribution is 7.88. The molecule has 0 spiro atoms. The van der Waals surface area contributed by atoms with Gasteiger partial charge in [-0.05, 0) is 57.8 Å². The number of hydrogen-bond donors (Lipinski definition) is 1. The fourth-order valence-corrected chi connectivity index (χ4v) is 3.92. The molecule has 2 aliphatic heterocycles. The molecule has 7 heteroatoms. The van der Waals surface area contributed by atoms with Crippen LogP contribution in [0, 0.1) is 5.92 Å². The Labute approximate surface area is 129 Å². The summed E-state index contributed by atoms with van der Waals surface area (Å²) in [6.07, 6.45) is 5.80. The molecule has 0 unspecified atom stereocenters. The molecular formula is C13H28ClN3O2S.